The highest BCUT2D eigenvalue weighted by molar-refractivity contribution is 7.10. The van der Waals surface area contributed by atoms with Gasteiger partial charge in [0, 0.05) is 34.1 Å². The Morgan fingerprint density at radius 1 is 1.24 bits per heavy atom. The van der Waals surface area contributed by atoms with Crippen LogP contribution >= 0.6 is 22.9 Å². The molecule has 34 heavy (non-hydrogen) atoms. The predicted octanol–water partition coefficient (Wildman–Crippen LogP) is 7.47. The van der Waals surface area contributed by atoms with E-state index in [1.807, 2.05) is 17.5 Å². The molecule has 1 unspecified atom stereocenters. The molecule has 1 aliphatic rings. The molecule has 0 saturated carbocycles. The highest BCUT2D eigenvalue weighted by atomic mass is 35.5. The molecule has 4 nitrogen and oxygen atoms in total. The number of hydrogen-bond donors (Lipinski definition) is 1. The summed E-state index contributed by atoms with van der Waals surface area (Å²) in [6.45, 7) is 7.91. The number of thiazole rings is 1. The van der Waals surface area contributed by atoms with Crippen LogP contribution in [0.2, 0.25) is 5.02 Å². The molecule has 1 N–H and O–H groups in total. The zero-order valence-electron chi connectivity index (χ0n) is 19.7. The van der Waals surface area contributed by atoms with Crippen molar-refractivity contribution in [3.8, 4) is 11.1 Å². The summed E-state index contributed by atoms with van der Waals surface area (Å²) in [6, 6.07) is 11.5. The Kier molecular flexibility index (Phi) is 8.35. The van der Waals surface area contributed by atoms with E-state index in [1.165, 1.54) is 31.5 Å². The molecule has 7 heteroatoms. The lowest BCUT2D eigenvalue weighted by Crippen LogP contribution is -2.36. The van der Waals surface area contributed by atoms with Crippen molar-refractivity contribution in [3.05, 3.63) is 69.4 Å². The Hall–Kier alpha value is -2.28. The van der Waals surface area contributed by atoms with Gasteiger partial charge in [0.15, 0.2) is 0 Å². The summed E-state index contributed by atoms with van der Waals surface area (Å²) in [6.07, 6.45) is 4.66. The van der Waals surface area contributed by atoms with E-state index in [1.54, 1.807) is 29.5 Å². The van der Waals surface area contributed by atoms with Gasteiger partial charge in [-0.2, -0.15) is 0 Å². The van der Waals surface area contributed by atoms with Gasteiger partial charge in [-0.3, -0.25) is 4.79 Å². The number of carbonyl (C=O) groups excluding carboxylic acids is 1. The quantitative estimate of drug-likeness (QED) is 0.349. The molecule has 180 valence electrons. The first-order valence-corrected chi connectivity index (χ1v) is 13.2. The van der Waals surface area contributed by atoms with E-state index in [4.69, 9.17) is 11.6 Å². The van der Waals surface area contributed by atoms with Gasteiger partial charge >= 0.3 is 0 Å². The van der Waals surface area contributed by atoms with Gasteiger partial charge in [0.2, 0.25) is 0 Å². The summed E-state index contributed by atoms with van der Waals surface area (Å²) >= 11 is 7.55. The van der Waals surface area contributed by atoms with E-state index in [-0.39, 0.29) is 11.7 Å². The second kappa shape index (κ2) is 11.4. The second-order valence-electron chi connectivity index (χ2n) is 9.19. The Morgan fingerprint density at radius 2 is 1.97 bits per heavy atom. The molecule has 0 aliphatic carbocycles. The number of anilines is 1. The van der Waals surface area contributed by atoms with E-state index in [0.717, 1.165) is 42.4 Å². The average Bonchev–Trinajstić information content (AvgIpc) is 3.32. The standard InChI is InChI=1S/C27H31ClFN3OS/c1-3-4-18(2)16-32-13-11-20(12-14-32)27-31-25(17-34-27)26(33)30-24-10-9-22(29)15-23(24)19-5-7-21(28)8-6-19/h5-10,15,17-18,20H,3-4,11-14,16H2,1-2H3,(H,30,33). The number of benzene rings is 2. The van der Waals surface area contributed by atoms with E-state index in [2.05, 4.69) is 29.0 Å². The molecule has 1 fully saturated rings. The fourth-order valence-corrected chi connectivity index (χ4v) is 5.74. The van der Waals surface area contributed by atoms with E-state index in [9.17, 15) is 9.18 Å². The van der Waals surface area contributed by atoms with Gasteiger partial charge in [-0.15, -0.1) is 11.3 Å². The highest BCUT2D eigenvalue weighted by Gasteiger charge is 2.25. The van der Waals surface area contributed by atoms with Crippen LogP contribution in [0.3, 0.4) is 0 Å². The number of piperidine rings is 1. The number of amides is 1. The van der Waals surface area contributed by atoms with Gasteiger partial charge < -0.3 is 10.2 Å². The summed E-state index contributed by atoms with van der Waals surface area (Å²) in [5, 5.41) is 6.38. The lowest BCUT2D eigenvalue weighted by Gasteiger charge is -2.32. The first-order valence-electron chi connectivity index (χ1n) is 12.0. The number of nitrogens with one attached hydrogen (secondary N) is 1. The van der Waals surface area contributed by atoms with Crippen molar-refractivity contribution in [2.45, 2.75) is 45.4 Å². The molecule has 0 radical (unpaired) electrons. The lowest BCUT2D eigenvalue weighted by atomic mass is 9.96. The molecule has 1 saturated heterocycles. The van der Waals surface area contributed by atoms with Crippen LogP contribution in [0.5, 0.6) is 0 Å². The molecule has 2 aromatic carbocycles. The molecule has 1 aliphatic heterocycles. The Labute approximate surface area is 210 Å². The van der Waals surface area contributed by atoms with Crippen LogP contribution in [0, 0.1) is 11.7 Å². The van der Waals surface area contributed by atoms with Gasteiger partial charge in [-0.05, 0) is 74.2 Å². The van der Waals surface area contributed by atoms with Gasteiger partial charge in [-0.25, -0.2) is 9.37 Å². The molecular formula is C27H31ClFN3OS. The number of halogens is 2. The molecular weight excluding hydrogens is 469 g/mol. The number of rotatable bonds is 8. The van der Waals surface area contributed by atoms with Crippen molar-refractivity contribution < 1.29 is 9.18 Å². The largest absolute Gasteiger partial charge is 0.320 e. The normalized spacial score (nSPS) is 15.9. The summed E-state index contributed by atoms with van der Waals surface area (Å²) in [4.78, 5) is 20.2. The maximum atomic E-state index is 14.0. The summed E-state index contributed by atoms with van der Waals surface area (Å²) in [5.41, 5.74) is 2.33. The zero-order valence-corrected chi connectivity index (χ0v) is 21.3. The number of nitrogens with zero attached hydrogens (tertiary/aromatic N) is 2. The topological polar surface area (TPSA) is 45.2 Å². The molecule has 1 atom stereocenters. The number of carbonyl (C=O) groups is 1. The second-order valence-corrected chi connectivity index (χ2v) is 10.5. The Morgan fingerprint density at radius 3 is 2.68 bits per heavy atom. The van der Waals surface area contributed by atoms with Crippen LogP contribution in [-0.4, -0.2) is 35.4 Å². The van der Waals surface area contributed by atoms with Crippen molar-refractivity contribution in [2.75, 3.05) is 25.0 Å². The molecule has 1 amide bonds. The Bertz CT molecular complexity index is 1110. The third kappa shape index (κ3) is 6.23. The number of aromatic nitrogens is 1. The Balaban J connectivity index is 1.41. The van der Waals surface area contributed by atoms with Crippen molar-refractivity contribution >= 4 is 34.5 Å². The average molecular weight is 500 g/mol. The summed E-state index contributed by atoms with van der Waals surface area (Å²) in [7, 11) is 0. The minimum atomic E-state index is -0.366. The first kappa shape index (κ1) is 24.8. The molecule has 2 heterocycles. The summed E-state index contributed by atoms with van der Waals surface area (Å²) in [5.74, 6) is 0.491. The van der Waals surface area contributed by atoms with Crippen LogP contribution in [0.1, 0.15) is 60.9 Å². The van der Waals surface area contributed by atoms with Crippen LogP contribution in [0.15, 0.2) is 47.8 Å². The van der Waals surface area contributed by atoms with E-state index in [0.29, 0.717) is 27.9 Å². The van der Waals surface area contributed by atoms with E-state index < -0.39 is 0 Å². The van der Waals surface area contributed by atoms with Gasteiger partial charge in [0.1, 0.15) is 11.5 Å². The fraction of sp³-hybridized carbons (Fsp3) is 0.407. The third-order valence-electron chi connectivity index (χ3n) is 6.43. The van der Waals surface area contributed by atoms with Crippen LogP contribution in [-0.2, 0) is 0 Å². The van der Waals surface area contributed by atoms with Crippen LogP contribution in [0.4, 0.5) is 10.1 Å². The molecule has 1 aromatic heterocycles. The number of likely N-dealkylation sites (tertiary alicyclic amines) is 1. The van der Waals surface area contributed by atoms with Crippen molar-refractivity contribution in [2.24, 2.45) is 5.92 Å². The summed E-state index contributed by atoms with van der Waals surface area (Å²) < 4.78 is 14.0. The monoisotopic (exact) mass is 499 g/mol. The highest BCUT2D eigenvalue weighted by Crippen LogP contribution is 2.33. The fourth-order valence-electron chi connectivity index (χ4n) is 4.65. The van der Waals surface area contributed by atoms with Crippen LogP contribution in [0.25, 0.3) is 11.1 Å². The zero-order chi connectivity index (χ0) is 24.1. The molecule has 4 rings (SSSR count). The maximum Gasteiger partial charge on any atom is 0.275 e. The number of hydrogen-bond acceptors (Lipinski definition) is 4. The molecule has 3 aromatic rings. The smallest absolute Gasteiger partial charge is 0.275 e. The third-order valence-corrected chi connectivity index (χ3v) is 7.69. The molecule has 0 bridgehead atoms. The predicted molar refractivity (Wildman–Crippen MR) is 139 cm³/mol. The van der Waals surface area contributed by atoms with Gasteiger partial charge in [-0.1, -0.05) is 44.0 Å². The minimum absolute atomic E-state index is 0.282. The van der Waals surface area contributed by atoms with E-state index >= 15 is 0 Å². The lowest BCUT2D eigenvalue weighted by molar-refractivity contribution is 0.102. The van der Waals surface area contributed by atoms with Crippen molar-refractivity contribution in [3.63, 3.8) is 0 Å². The SMILES string of the molecule is CCCC(C)CN1CCC(c2nc(C(=O)Nc3ccc(F)cc3-c3ccc(Cl)cc3)cs2)CC1. The minimum Gasteiger partial charge on any atom is -0.320 e. The van der Waals surface area contributed by atoms with Gasteiger partial charge in [0.25, 0.3) is 5.91 Å². The van der Waals surface area contributed by atoms with Crippen molar-refractivity contribution in [1.82, 2.24) is 9.88 Å². The maximum absolute atomic E-state index is 14.0. The molecule has 0 spiro atoms. The van der Waals surface area contributed by atoms with Gasteiger partial charge in [0.05, 0.1) is 5.01 Å². The van der Waals surface area contributed by atoms with Crippen LogP contribution < -0.4 is 5.32 Å². The first-order chi connectivity index (χ1) is 16.4. The van der Waals surface area contributed by atoms with Crippen molar-refractivity contribution in [1.29, 1.82) is 0 Å².